The van der Waals surface area contributed by atoms with Gasteiger partial charge in [-0.25, -0.2) is 4.98 Å². The molecule has 1 saturated heterocycles. The van der Waals surface area contributed by atoms with E-state index in [0.29, 0.717) is 0 Å². The number of aromatic nitrogens is 1. The van der Waals surface area contributed by atoms with Gasteiger partial charge in [-0.1, -0.05) is 6.92 Å². The summed E-state index contributed by atoms with van der Waals surface area (Å²) < 4.78 is 0. The molecule has 0 spiro atoms. The van der Waals surface area contributed by atoms with Crippen molar-refractivity contribution in [3.8, 4) is 0 Å². The van der Waals surface area contributed by atoms with Crippen LogP contribution >= 0.6 is 11.3 Å². The zero-order chi connectivity index (χ0) is 13.0. The highest BCUT2D eigenvalue weighted by Gasteiger charge is 2.21. The molecule has 2 heterocycles. The average molecular weight is 267 g/mol. The number of aryl methyl sites for hydroxylation is 2. The van der Waals surface area contributed by atoms with E-state index in [1.807, 2.05) is 11.8 Å². The number of carbonyl (C=O) groups is 1. The maximum Gasteiger partial charge on any atom is 0.265 e. The van der Waals surface area contributed by atoms with E-state index in [9.17, 15) is 4.79 Å². The lowest BCUT2D eigenvalue weighted by molar-refractivity contribution is 0.0770. The molecular weight excluding hydrogens is 246 g/mol. The summed E-state index contributed by atoms with van der Waals surface area (Å²) in [4.78, 5) is 19.7. The Morgan fingerprint density at radius 3 is 3.06 bits per heavy atom. The fourth-order valence-corrected chi connectivity index (χ4v) is 3.30. The molecule has 2 rings (SSSR count). The Morgan fingerprint density at radius 2 is 2.28 bits per heavy atom. The van der Waals surface area contributed by atoms with Crippen LogP contribution in [0.25, 0.3) is 0 Å². The predicted octanol–water partition coefficient (Wildman–Crippen LogP) is 1.84. The molecule has 5 heteroatoms. The van der Waals surface area contributed by atoms with E-state index in [1.165, 1.54) is 0 Å². The molecule has 1 fully saturated rings. The molecular formula is C13H21N3OS. The van der Waals surface area contributed by atoms with E-state index in [1.54, 1.807) is 11.3 Å². The first-order valence-corrected chi connectivity index (χ1v) is 7.50. The van der Waals surface area contributed by atoms with Gasteiger partial charge in [-0.2, -0.15) is 0 Å². The van der Waals surface area contributed by atoms with E-state index >= 15 is 0 Å². The fourth-order valence-electron chi connectivity index (χ4n) is 2.16. The van der Waals surface area contributed by atoms with E-state index in [4.69, 9.17) is 0 Å². The van der Waals surface area contributed by atoms with Crippen LogP contribution in [0.5, 0.6) is 0 Å². The summed E-state index contributed by atoms with van der Waals surface area (Å²) >= 11 is 1.57. The highest BCUT2D eigenvalue weighted by atomic mass is 32.1. The molecule has 0 bridgehead atoms. The largest absolute Gasteiger partial charge is 0.337 e. The van der Waals surface area contributed by atoms with Crippen molar-refractivity contribution in [1.29, 1.82) is 0 Å². The zero-order valence-electron chi connectivity index (χ0n) is 11.2. The molecule has 18 heavy (non-hydrogen) atoms. The van der Waals surface area contributed by atoms with Crippen LogP contribution in [0.4, 0.5) is 0 Å². The van der Waals surface area contributed by atoms with E-state index in [-0.39, 0.29) is 5.91 Å². The molecule has 0 radical (unpaired) electrons. The van der Waals surface area contributed by atoms with Crippen molar-refractivity contribution in [2.75, 3.05) is 26.2 Å². The molecule has 0 atom stereocenters. The van der Waals surface area contributed by atoms with Crippen LogP contribution in [0.3, 0.4) is 0 Å². The van der Waals surface area contributed by atoms with Crippen LogP contribution < -0.4 is 5.32 Å². The zero-order valence-corrected chi connectivity index (χ0v) is 12.0. The molecule has 1 amide bonds. The van der Waals surface area contributed by atoms with Gasteiger partial charge in [0.1, 0.15) is 4.88 Å². The van der Waals surface area contributed by atoms with Crippen molar-refractivity contribution in [2.24, 2.45) is 0 Å². The van der Waals surface area contributed by atoms with Gasteiger partial charge in [0.15, 0.2) is 0 Å². The van der Waals surface area contributed by atoms with Gasteiger partial charge >= 0.3 is 0 Å². The van der Waals surface area contributed by atoms with Crippen molar-refractivity contribution >= 4 is 17.2 Å². The third-order valence-electron chi connectivity index (χ3n) is 3.13. The Kier molecular flexibility index (Phi) is 4.72. The Bertz CT molecular complexity index is 408. The summed E-state index contributed by atoms with van der Waals surface area (Å²) in [6.45, 7) is 7.64. The molecule has 0 unspecified atom stereocenters. The number of carbonyl (C=O) groups excluding carboxylic acids is 1. The van der Waals surface area contributed by atoms with Crippen molar-refractivity contribution in [3.05, 3.63) is 15.6 Å². The standard InChI is InChI=1S/C13H21N3OS/c1-3-5-11-15-10(2)12(18-11)13(17)16-8-4-6-14-7-9-16/h14H,3-9H2,1-2H3. The minimum atomic E-state index is 0.163. The first kappa shape index (κ1) is 13.5. The first-order chi connectivity index (χ1) is 8.72. The second-order valence-electron chi connectivity index (χ2n) is 4.67. The summed E-state index contributed by atoms with van der Waals surface area (Å²) in [5.41, 5.74) is 0.894. The topological polar surface area (TPSA) is 45.2 Å². The van der Waals surface area contributed by atoms with Gasteiger partial charge in [-0.15, -0.1) is 11.3 Å². The number of nitrogens with zero attached hydrogens (tertiary/aromatic N) is 2. The second kappa shape index (κ2) is 6.29. The molecule has 1 aromatic rings. The first-order valence-electron chi connectivity index (χ1n) is 6.68. The Balaban J connectivity index is 2.11. The van der Waals surface area contributed by atoms with Crippen LogP contribution in [0, 0.1) is 6.92 Å². The number of nitrogens with one attached hydrogen (secondary N) is 1. The summed E-state index contributed by atoms with van der Waals surface area (Å²) in [6.07, 6.45) is 3.08. The molecule has 1 N–H and O–H groups in total. The van der Waals surface area contributed by atoms with E-state index < -0.39 is 0 Å². The molecule has 1 aliphatic rings. The van der Waals surface area contributed by atoms with Gasteiger partial charge in [-0.05, 0) is 32.7 Å². The average Bonchev–Trinajstić information content (AvgIpc) is 2.57. The predicted molar refractivity (Wildman–Crippen MR) is 74.2 cm³/mol. The SMILES string of the molecule is CCCc1nc(C)c(C(=O)N2CCCNCC2)s1. The minimum absolute atomic E-state index is 0.163. The number of amides is 1. The molecule has 0 aromatic carbocycles. The van der Waals surface area contributed by atoms with Gasteiger partial charge in [0.05, 0.1) is 10.7 Å². The maximum atomic E-state index is 12.5. The summed E-state index contributed by atoms with van der Waals surface area (Å²) in [5.74, 6) is 0.163. The highest BCUT2D eigenvalue weighted by molar-refractivity contribution is 7.13. The lowest BCUT2D eigenvalue weighted by Gasteiger charge is -2.19. The Morgan fingerprint density at radius 1 is 1.44 bits per heavy atom. The van der Waals surface area contributed by atoms with Crippen molar-refractivity contribution < 1.29 is 4.79 Å². The molecule has 0 aliphatic carbocycles. The van der Waals surface area contributed by atoms with Crippen molar-refractivity contribution in [2.45, 2.75) is 33.1 Å². The Labute approximate surface area is 112 Å². The van der Waals surface area contributed by atoms with Gasteiger partial charge in [0.2, 0.25) is 0 Å². The highest BCUT2D eigenvalue weighted by Crippen LogP contribution is 2.21. The molecule has 4 nitrogen and oxygen atoms in total. The second-order valence-corrected chi connectivity index (χ2v) is 5.75. The van der Waals surface area contributed by atoms with Crippen LogP contribution in [0.1, 0.15) is 40.1 Å². The quantitative estimate of drug-likeness (QED) is 0.909. The lowest BCUT2D eigenvalue weighted by atomic mass is 10.3. The van der Waals surface area contributed by atoms with Crippen LogP contribution in [0.2, 0.25) is 0 Å². The van der Waals surface area contributed by atoms with Gasteiger partial charge in [0, 0.05) is 19.6 Å². The Hall–Kier alpha value is -0.940. The molecule has 1 aliphatic heterocycles. The summed E-state index contributed by atoms with van der Waals surface area (Å²) in [5, 5.41) is 4.41. The third-order valence-corrected chi connectivity index (χ3v) is 4.33. The molecule has 0 saturated carbocycles. The summed E-state index contributed by atoms with van der Waals surface area (Å²) in [6, 6.07) is 0. The van der Waals surface area contributed by atoms with Crippen LogP contribution in [0.15, 0.2) is 0 Å². The normalized spacial score (nSPS) is 16.7. The number of rotatable bonds is 3. The monoisotopic (exact) mass is 267 g/mol. The number of hydrogen-bond acceptors (Lipinski definition) is 4. The van der Waals surface area contributed by atoms with Gasteiger partial charge in [-0.3, -0.25) is 4.79 Å². The maximum absolute atomic E-state index is 12.5. The number of thiazole rings is 1. The van der Waals surface area contributed by atoms with Crippen LogP contribution in [-0.2, 0) is 6.42 Å². The van der Waals surface area contributed by atoms with E-state index in [2.05, 4.69) is 17.2 Å². The minimum Gasteiger partial charge on any atom is -0.337 e. The van der Waals surface area contributed by atoms with Gasteiger partial charge < -0.3 is 10.2 Å². The fraction of sp³-hybridized carbons (Fsp3) is 0.692. The van der Waals surface area contributed by atoms with Crippen LogP contribution in [-0.4, -0.2) is 42.0 Å². The third kappa shape index (κ3) is 3.09. The molecule has 1 aromatic heterocycles. The van der Waals surface area contributed by atoms with Crippen molar-refractivity contribution in [1.82, 2.24) is 15.2 Å². The molecule has 100 valence electrons. The van der Waals surface area contributed by atoms with E-state index in [0.717, 1.165) is 61.0 Å². The number of hydrogen-bond donors (Lipinski definition) is 1. The summed E-state index contributed by atoms with van der Waals surface area (Å²) in [7, 11) is 0. The lowest BCUT2D eigenvalue weighted by Crippen LogP contribution is -2.34. The van der Waals surface area contributed by atoms with Gasteiger partial charge in [0.25, 0.3) is 5.91 Å². The smallest absolute Gasteiger partial charge is 0.265 e. The van der Waals surface area contributed by atoms with Crippen molar-refractivity contribution in [3.63, 3.8) is 0 Å².